The van der Waals surface area contributed by atoms with E-state index in [0.717, 1.165) is 18.4 Å². The van der Waals surface area contributed by atoms with Crippen LogP contribution in [-0.2, 0) is 11.2 Å². The first-order valence-electron chi connectivity index (χ1n) is 7.22. The molecule has 0 spiro atoms. The minimum Gasteiger partial charge on any atom is -0.344 e. The first-order chi connectivity index (χ1) is 10.6. The Kier molecular flexibility index (Phi) is 4.16. The van der Waals surface area contributed by atoms with E-state index in [0.29, 0.717) is 17.8 Å². The van der Waals surface area contributed by atoms with E-state index >= 15 is 0 Å². The molecule has 1 aliphatic rings. The molecule has 1 fully saturated rings. The Morgan fingerprint density at radius 3 is 3.05 bits per heavy atom. The summed E-state index contributed by atoms with van der Waals surface area (Å²) in [6, 6.07) is 6.35. The maximum atomic E-state index is 13.4. The van der Waals surface area contributed by atoms with Crippen molar-refractivity contribution in [3.05, 3.63) is 52.1 Å². The van der Waals surface area contributed by atoms with Crippen LogP contribution in [0.4, 0.5) is 4.39 Å². The lowest BCUT2D eigenvalue weighted by Gasteiger charge is -2.25. The van der Waals surface area contributed by atoms with E-state index in [1.165, 1.54) is 12.1 Å². The Morgan fingerprint density at radius 1 is 1.55 bits per heavy atom. The lowest BCUT2D eigenvalue weighted by molar-refractivity contribution is -0.131. The zero-order chi connectivity index (χ0) is 15.7. The lowest BCUT2D eigenvalue weighted by Crippen LogP contribution is -2.32. The van der Waals surface area contributed by atoms with Gasteiger partial charge in [-0.1, -0.05) is 17.3 Å². The fraction of sp³-hybridized carbons (Fsp3) is 0.375. The molecule has 3 rings (SSSR count). The Bertz CT molecular complexity index is 682. The molecule has 1 aromatic carbocycles. The normalized spacial score (nSPS) is 18.0. The smallest absolute Gasteiger partial charge is 0.229 e. The van der Waals surface area contributed by atoms with Crippen molar-refractivity contribution in [2.24, 2.45) is 0 Å². The molecule has 6 heteroatoms. The lowest BCUT2D eigenvalue weighted by atomic mass is 10.0. The van der Waals surface area contributed by atoms with Crippen molar-refractivity contribution in [3.8, 4) is 0 Å². The van der Waals surface area contributed by atoms with Crippen molar-refractivity contribution >= 4 is 17.5 Å². The molecule has 0 N–H and O–H groups in total. The maximum absolute atomic E-state index is 13.4. The number of rotatable bonds is 3. The van der Waals surface area contributed by atoms with Crippen LogP contribution >= 0.6 is 11.6 Å². The number of nitrogens with zero attached hydrogens (tertiary/aromatic N) is 2. The van der Waals surface area contributed by atoms with Gasteiger partial charge in [-0.15, -0.1) is 0 Å². The Morgan fingerprint density at radius 2 is 2.36 bits per heavy atom. The highest BCUT2D eigenvalue weighted by Crippen LogP contribution is 2.33. The van der Waals surface area contributed by atoms with Gasteiger partial charge in [0, 0.05) is 12.1 Å². The van der Waals surface area contributed by atoms with E-state index in [-0.39, 0.29) is 29.4 Å². The van der Waals surface area contributed by atoms with Crippen LogP contribution in [0, 0.1) is 12.7 Å². The number of amides is 1. The Hall–Kier alpha value is -1.88. The first kappa shape index (κ1) is 15.0. The molecule has 116 valence electrons. The molecule has 2 aromatic rings. The summed E-state index contributed by atoms with van der Waals surface area (Å²) in [7, 11) is 0. The van der Waals surface area contributed by atoms with Crippen LogP contribution in [0.2, 0.25) is 5.22 Å². The number of hydrogen-bond acceptors (Lipinski definition) is 3. The zero-order valence-corrected chi connectivity index (χ0v) is 12.9. The third-order valence-electron chi connectivity index (χ3n) is 4.07. The largest absolute Gasteiger partial charge is 0.344 e. The highest BCUT2D eigenvalue weighted by atomic mass is 35.5. The number of benzene rings is 1. The third kappa shape index (κ3) is 2.86. The molecule has 4 nitrogen and oxygen atoms in total. The summed E-state index contributed by atoms with van der Waals surface area (Å²) in [6.45, 7) is 2.42. The summed E-state index contributed by atoms with van der Waals surface area (Å²) >= 11 is 5.92. The monoisotopic (exact) mass is 322 g/mol. The SMILES string of the molecule is Cc1noc(Cl)c1CC(=O)N1CCCC1c1cccc(F)c1. The fourth-order valence-corrected chi connectivity index (χ4v) is 3.17. The first-order valence-corrected chi connectivity index (χ1v) is 7.59. The number of aryl methyl sites for hydroxylation is 1. The molecule has 22 heavy (non-hydrogen) atoms. The zero-order valence-electron chi connectivity index (χ0n) is 12.2. The number of aromatic nitrogens is 1. The van der Waals surface area contributed by atoms with Crippen LogP contribution in [0.25, 0.3) is 0 Å². The van der Waals surface area contributed by atoms with E-state index in [1.807, 2.05) is 6.07 Å². The molecule has 0 radical (unpaired) electrons. The number of carbonyl (C=O) groups is 1. The Balaban J connectivity index is 1.80. The van der Waals surface area contributed by atoms with Crippen molar-refractivity contribution in [2.75, 3.05) is 6.54 Å². The van der Waals surface area contributed by atoms with Gasteiger partial charge < -0.3 is 9.42 Å². The second-order valence-electron chi connectivity index (χ2n) is 5.50. The Labute approximate surface area is 132 Å². The van der Waals surface area contributed by atoms with Crippen molar-refractivity contribution < 1.29 is 13.7 Å². The van der Waals surface area contributed by atoms with Crippen LogP contribution in [0.1, 0.15) is 35.7 Å². The molecular weight excluding hydrogens is 307 g/mol. The van der Waals surface area contributed by atoms with Crippen molar-refractivity contribution in [1.29, 1.82) is 0 Å². The van der Waals surface area contributed by atoms with Crippen molar-refractivity contribution in [3.63, 3.8) is 0 Å². The predicted octanol–water partition coefficient (Wildman–Crippen LogP) is 3.68. The number of halogens is 2. The molecule has 1 atom stereocenters. The van der Waals surface area contributed by atoms with Gasteiger partial charge >= 0.3 is 0 Å². The average Bonchev–Trinajstić information content (AvgIpc) is 3.09. The molecule has 2 heterocycles. The molecule has 0 aliphatic carbocycles. The second kappa shape index (κ2) is 6.08. The number of likely N-dealkylation sites (tertiary alicyclic amines) is 1. The fourth-order valence-electron chi connectivity index (χ4n) is 2.94. The summed E-state index contributed by atoms with van der Waals surface area (Å²) in [5, 5.41) is 3.92. The van der Waals surface area contributed by atoms with Gasteiger partial charge in [0.05, 0.1) is 18.2 Å². The molecule has 1 amide bonds. The highest BCUT2D eigenvalue weighted by Gasteiger charge is 2.31. The van der Waals surface area contributed by atoms with Gasteiger partial charge in [-0.05, 0) is 49.1 Å². The highest BCUT2D eigenvalue weighted by molar-refractivity contribution is 6.29. The van der Waals surface area contributed by atoms with Gasteiger partial charge in [0.1, 0.15) is 5.82 Å². The summed E-state index contributed by atoms with van der Waals surface area (Å²) < 4.78 is 18.3. The van der Waals surface area contributed by atoms with Gasteiger partial charge in [0.15, 0.2) is 0 Å². The van der Waals surface area contributed by atoms with Gasteiger partial charge in [0.25, 0.3) is 0 Å². The second-order valence-corrected chi connectivity index (χ2v) is 5.84. The van der Waals surface area contributed by atoms with Gasteiger partial charge in [-0.25, -0.2) is 4.39 Å². The van der Waals surface area contributed by atoms with Gasteiger partial charge in [-0.2, -0.15) is 0 Å². The minimum atomic E-state index is -0.283. The van der Waals surface area contributed by atoms with Crippen molar-refractivity contribution in [2.45, 2.75) is 32.2 Å². The van der Waals surface area contributed by atoms with Crippen LogP contribution in [-0.4, -0.2) is 22.5 Å². The van der Waals surface area contributed by atoms with Crippen LogP contribution < -0.4 is 0 Å². The summed E-state index contributed by atoms with van der Waals surface area (Å²) in [6.07, 6.45) is 1.90. The van der Waals surface area contributed by atoms with E-state index in [1.54, 1.807) is 17.9 Å². The third-order valence-corrected chi connectivity index (χ3v) is 4.37. The molecular formula is C16H16ClFN2O2. The van der Waals surface area contributed by atoms with Gasteiger partial charge in [-0.3, -0.25) is 4.79 Å². The van der Waals surface area contributed by atoms with Crippen LogP contribution in [0.3, 0.4) is 0 Å². The molecule has 1 aromatic heterocycles. The molecule has 1 saturated heterocycles. The summed E-state index contributed by atoms with van der Waals surface area (Å²) in [5.74, 6) is -0.324. The standard InChI is InChI=1S/C16H16ClFN2O2/c1-10-13(16(17)22-19-10)9-15(21)20-7-3-6-14(20)11-4-2-5-12(18)8-11/h2,4-5,8,14H,3,6-7,9H2,1H3. The number of carbonyl (C=O) groups excluding carboxylic acids is 1. The van der Waals surface area contributed by atoms with E-state index < -0.39 is 0 Å². The number of hydrogen-bond donors (Lipinski definition) is 0. The molecule has 0 saturated carbocycles. The molecule has 1 aliphatic heterocycles. The summed E-state index contributed by atoms with van der Waals surface area (Å²) in [5.41, 5.74) is 2.08. The minimum absolute atomic E-state index is 0.0417. The van der Waals surface area contributed by atoms with Crippen LogP contribution in [0.15, 0.2) is 28.8 Å². The van der Waals surface area contributed by atoms with E-state index in [2.05, 4.69) is 5.16 Å². The van der Waals surface area contributed by atoms with Crippen molar-refractivity contribution in [1.82, 2.24) is 10.1 Å². The average molecular weight is 323 g/mol. The molecule has 0 bridgehead atoms. The quantitative estimate of drug-likeness (QED) is 0.866. The van der Waals surface area contributed by atoms with Crippen LogP contribution in [0.5, 0.6) is 0 Å². The van der Waals surface area contributed by atoms with E-state index in [4.69, 9.17) is 16.1 Å². The van der Waals surface area contributed by atoms with Gasteiger partial charge in [0.2, 0.25) is 11.1 Å². The maximum Gasteiger partial charge on any atom is 0.229 e. The topological polar surface area (TPSA) is 46.3 Å². The molecule has 1 unspecified atom stereocenters. The van der Waals surface area contributed by atoms with E-state index in [9.17, 15) is 9.18 Å². The summed E-state index contributed by atoms with van der Waals surface area (Å²) in [4.78, 5) is 14.4. The predicted molar refractivity (Wildman–Crippen MR) is 80.0 cm³/mol.